The van der Waals surface area contributed by atoms with Crippen LogP contribution in [0.25, 0.3) is 0 Å². The second-order valence-corrected chi connectivity index (χ2v) is 6.40. The molecule has 3 heteroatoms. The molecule has 3 nitrogen and oxygen atoms in total. The first-order valence-electron chi connectivity index (χ1n) is 7.67. The Morgan fingerprint density at radius 2 is 1.89 bits per heavy atom. The number of nitrogens with two attached hydrogens (primary N) is 1. The highest BCUT2D eigenvalue weighted by Gasteiger charge is 2.26. The number of carbonyl (C=O) groups is 1. The Morgan fingerprint density at radius 3 is 2.50 bits per heavy atom. The van der Waals surface area contributed by atoms with Crippen molar-refractivity contribution in [1.82, 2.24) is 4.90 Å². The highest BCUT2D eigenvalue weighted by Crippen LogP contribution is 2.31. The van der Waals surface area contributed by atoms with E-state index >= 15 is 0 Å². The molecule has 1 amide bonds. The van der Waals surface area contributed by atoms with Gasteiger partial charge in [-0.2, -0.15) is 0 Å². The van der Waals surface area contributed by atoms with Gasteiger partial charge in [0.25, 0.3) is 0 Å². The van der Waals surface area contributed by atoms with Gasteiger partial charge in [-0.25, -0.2) is 0 Å². The number of likely N-dealkylation sites (tertiary alicyclic amines) is 1. The predicted octanol–water partition coefficient (Wildman–Crippen LogP) is 2.40. The number of carbonyl (C=O) groups excluding carboxylic acids is 1. The van der Waals surface area contributed by atoms with E-state index in [1.54, 1.807) is 0 Å². The van der Waals surface area contributed by atoms with Crippen LogP contribution in [0.15, 0.2) is 0 Å². The molecular weight excluding hydrogens is 224 g/mol. The first-order chi connectivity index (χ1) is 8.69. The zero-order chi connectivity index (χ0) is 13.0. The molecule has 2 fully saturated rings. The van der Waals surface area contributed by atoms with Gasteiger partial charge < -0.3 is 10.6 Å². The standard InChI is InChI=1S/C15H28N2O/c1-12-3-2-4-14(9-12)10-15(18)17-7-5-13(11-16)6-8-17/h12-14H,2-11,16H2,1H3. The van der Waals surface area contributed by atoms with Crippen LogP contribution in [-0.2, 0) is 4.79 Å². The molecule has 2 unspecified atom stereocenters. The van der Waals surface area contributed by atoms with E-state index < -0.39 is 0 Å². The van der Waals surface area contributed by atoms with E-state index in [4.69, 9.17) is 5.73 Å². The second-order valence-electron chi connectivity index (χ2n) is 6.40. The average molecular weight is 252 g/mol. The van der Waals surface area contributed by atoms with Gasteiger partial charge in [0.2, 0.25) is 5.91 Å². The van der Waals surface area contributed by atoms with Gasteiger partial charge in [-0.15, -0.1) is 0 Å². The molecule has 0 aromatic carbocycles. The number of nitrogens with zero attached hydrogens (tertiary/aromatic N) is 1. The van der Waals surface area contributed by atoms with Crippen molar-refractivity contribution >= 4 is 5.91 Å². The van der Waals surface area contributed by atoms with E-state index in [0.717, 1.165) is 44.8 Å². The van der Waals surface area contributed by atoms with Crippen molar-refractivity contribution < 1.29 is 4.79 Å². The summed E-state index contributed by atoms with van der Waals surface area (Å²) in [6.45, 7) is 4.97. The highest BCUT2D eigenvalue weighted by molar-refractivity contribution is 5.76. The van der Waals surface area contributed by atoms with Crippen molar-refractivity contribution in [2.75, 3.05) is 19.6 Å². The van der Waals surface area contributed by atoms with E-state index in [9.17, 15) is 4.79 Å². The molecule has 2 rings (SSSR count). The summed E-state index contributed by atoms with van der Waals surface area (Å²) >= 11 is 0. The van der Waals surface area contributed by atoms with Gasteiger partial charge in [0.05, 0.1) is 0 Å². The second kappa shape index (κ2) is 6.55. The van der Waals surface area contributed by atoms with Crippen LogP contribution in [0.2, 0.25) is 0 Å². The summed E-state index contributed by atoms with van der Waals surface area (Å²) in [5.74, 6) is 2.50. The van der Waals surface area contributed by atoms with Crippen molar-refractivity contribution in [3.63, 3.8) is 0 Å². The van der Waals surface area contributed by atoms with Gasteiger partial charge >= 0.3 is 0 Å². The third kappa shape index (κ3) is 3.71. The maximum Gasteiger partial charge on any atom is 0.222 e. The van der Waals surface area contributed by atoms with E-state index in [-0.39, 0.29) is 0 Å². The quantitative estimate of drug-likeness (QED) is 0.838. The average Bonchev–Trinajstić information content (AvgIpc) is 2.39. The van der Waals surface area contributed by atoms with Crippen molar-refractivity contribution in [3.05, 3.63) is 0 Å². The summed E-state index contributed by atoms with van der Waals surface area (Å²) < 4.78 is 0. The molecule has 0 aromatic rings. The number of piperidine rings is 1. The van der Waals surface area contributed by atoms with Crippen LogP contribution >= 0.6 is 0 Å². The largest absolute Gasteiger partial charge is 0.343 e. The van der Waals surface area contributed by atoms with Gasteiger partial charge in [0, 0.05) is 19.5 Å². The van der Waals surface area contributed by atoms with Gasteiger partial charge in [0.15, 0.2) is 0 Å². The van der Waals surface area contributed by atoms with E-state index in [1.807, 2.05) is 0 Å². The van der Waals surface area contributed by atoms with Crippen LogP contribution in [0.3, 0.4) is 0 Å². The minimum absolute atomic E-state index is 0.393. The fourth-order valence-electron chi connectivity index (χ4n) is 3.54. The number of hydrogen-bond acceptors (Lipinski definition) is 2. The van der Waals surface area contributed by atoms with E-state index in [0.29, 0.717) is 17.7 Å². The molecule has 0 bridgehead atoms. The molecule has 2 N–H and O–H groups in total. The Kier molecular flexibility index (Phi) is 5.04. The molecule has 104 valence electrons. The monoisotopic (exact) mass is 252 g/mol. The van der Waals surface area contributed by atoms with Crippen LogP contribution in [0.5, 0.6) is 0 Å². The normalized spacial score (nSPS) is 30.4. The Balaban J connectivity index is 1.74. The molecule has 0 aromatic heterocycles. The lowest BCUT2D eigenvalue weighted by atomic mass is 9.80. The fraction of sp³-hybridized carbons (Fsp3) is 0.933. The minimum atomic E-state index is 0.393. The van der Waals surface area contributed by atoms with Crippen molar-refractivity contribution in [2.45, 2.75) is 51.9 Å². The summed E-state index contributed by atoms with van der Waals surface area (Å²) in [6, 6.07) is 0. The van der Waals surface area contributed by atoms with Crippen molar-refractivity contribution in [2.24, 2.45) is 23.5 Å². The lowest BCUT2D eigenvalue weighted by molar-refractivity contribution is -0.133. The first kappa shape index (κ1) is 13.9. The van der Waals surface area contributed by atoms with Crippen LogP contribution < -0.4 is 5.73 Å². The summed E-state index contributed by atoms with van der Waals surface area (Å²) in [5.41, 5.74) is 5.69. The molecule has 1 aliphatic carbocycles. The fourth-order valence-corrected chi connectivity index (χ4v) is 3.54. The number of amides is 1. The Bertz CT molecular complexity index is 272. The smallest absolute Gasteiger partial charge is 0.222 e. The zero-order valence-electron chi connectivity index (χ0n) is 11.7. The first-order valence-corrected chi connectivity index (χ1v) is 7.67. The summed E-state index contributed by atoms with van der Waals surface area (Å²) in [4.78, 5) is 14.3. The minimum Gasteiger partial charge on any atom is -0.343 e. The summed E-state index contributed by atoms with van der Waals surface area (Å²) in [7, 11) is 0. The van der Waals surface area contributed by atoms with E-state index in [1.165, 1.54) is 25.7 Å². The lowest BCUT2D eigenvalue weighted by Gasteiger charge is -2.33. The Labute approximate surface area is 111 Å². The van der Waals surface area contributed by atoms with Gasteiger partial charge in [-0.1, -0.05) is 19.8 Å². The van der Waals surface area contributed by atoms with Crippen molar-refractivity contribution in [3.8, 4) is 0 Å². The Hall–Kier alpha value is -0.570. The van der Waals surface area contributed by atoms with Crippen LogP contribution in [-0.4, -0.2) is 30.4 Å². The lowest BCUT2D eigenvalue weighted by Crippen LogP contribution is -2.40. The SMILES string of the molecule is CC1CCCC(CC(=O)N2CCC(CN)CC2)C1. The third-order valence-corrected chi connectivity index (χ3v) is 4.81. The maximum atomic E-state index is 12.3. The summed E-state index contributed by atoms with van der Waals surface area (Å²) in [6.07, 6.45) is 8.17. The summed E-state index contributed by atoms with van der Waals surface area (Å²) in [5, 5.41) is 0. The molecule has 0 radical (unpaired) electrons. The molecule has 1 saturated carbocycles. The topological polar surface area (TPSA) is 46.3 Å². The van der Waals surface area contributed by atoms with Crippen LogP contribution in [0.4, 0.5) is 0 Å². The molecule has 1 heterocycles. The molecule has 2 atom stereocenters. The molecule has 1 saturated heterocycles. The molecule has 1 aliphatic heterocycles. The van der Waals surface area contributed by atoms with Crippen molar-refractivity contribution in [1.29, 1.82) is 0 Å². The molecule has 2 aliphatic rings. The third-order valence-electron chi connectivity index (χ3n) is 4.81. The molecule has 18 heavy (non-hydrogen) atoms. The van der Waals surface area contributed by atoms with Gasteiger partial charge in [0.1, 0.15) is 0 Å². The molecular formula is C15H28N2O. The number of rotatable bonds is 3. The van der Waals surface area contributed by atoms with Gasteiger partial charge in [-0.3, -0.25) is 4.79 Å². The molecule has 0 spiro atoms. The number of hydrogen-bond donors (Lipinski definition) is 1. The maximum absolute atomic E-state index is 12.3. The van der Waals surface area contributed by atoms with E-state index in [2.05, 4.69) is 11.8 Å². The highest BCUT2D eigenvalue weighted by atomic mass is 16.2. The van der Waals surface area contributed by atoms with Crippen LogP contribution in [0.1, 0.15) is 51.9 Å². The van der Waals surface area contributed by atoms with Gasteiger partial charge in [-0.05, 0) is 50.0 Å². The zero-order valence-corrected chi connectivity index (χ0v) is 11.7. The van der Waals surface area contributed by atoms with Crippen LogP contribution in [0, 0.1) is 17.8 Å². The Morgan fingerprint density at radius 1 is 1.17 bits per heavy atom. The predicted molar refractivity (Wildman–Crippen MR) is 74.1 cm³/mol.